The molecule has 0 bridgehead atoms. The zero-order valence-corrected chi connectivity index (χ0v) is 14.8. The molecule has 1 unspecified atom stereocenters. The maximum Gasteiger partial charge on any atom is 0.0464 e. The molecule has 2 aromatic heterocycles. The lowest BCUT2D eigenvalue weighted by Gasteiger charge is -2.16. The van der Waals surface area contributed by atoms with E-state index in [-0.39, 0.29) is 0 Å². The topological polar surface area (TPSA) is 12.0 Å². The summed E-state index contributed by atoms with van der Waals surface area (Å²) in [4.78, 5) is 4.32. The van der Waals surface area contributed by atoms with Gasteiger partial charge in [-0.25, -0.2) is 0 Å². The van der Waals surface area contributed by atoms with Gasteiger partial charge in [0.2, 0.25) is 0 Å². The van der Waals surface area contributed by atoms with Gasteiger partial charge in [0.1, 0.15) is 0 Å². The Bertz CT molecular complexity index is 510. The van der Waals surface area contributed by atoms with Gasteiger partial charge in [0.15, 0.2) is 0 Å². The number of rotatable bonds is 6. The fourth-order valence-corrected chi connectivity index (χ4v) is 4.70. The number of aryl methyl sites for hydroxylation is 2. The van der Waals surface area contributed by atoms with E-state index < -0.39 is 0 Å². The Hall–Kier alpha value is -0.160. The highest BCUT2D eigenvalue weighted by Gasteiger charge is 2.16. The number of thiophene rings is 2. The first-order valence-electron chi connectivity index (χ1n) is 6.64. The SMILES string of the molecule is CCCNC(Cc1sccc1Br)c1cc(C)c(C)s1. The molecule has 0 aliphatic rings. The smallest absolute Gasteiger partial charge is 0.0464 e. The standard InChI is InChI=1S/C15H20BrNS2/c1-4-6-17-13(9-14-12(16)5-7-18-14)15-8-10(2)11(3)19-15/h5,7-8,13,17H,4,6,9H2,1-3H3. The normalized spacial score (nSPS) is 12.8. The third-order valence-electron chi connectivity index (χ3n) is 3.25. The molecular formula is C15H20BrNS2. The highest BCUT2D eigenvalue weighted by Crippen LogP contribution is 2.32. The van der Waals surface area contributed by atoms with E-state index in [1.165, 1.54) is 31.1 Å². The molecule has 1 nitrogen and oxygen atoms in total. The zero-order valence-electron chi connectivity index (χ0n) is 11.6. The predicted octanol–water partition coefficient (Wildman–Crippen LogP) is 5.47. The highest BCUT2D eigenvalue weighted by molar-refractivity contribution is 9.10. The summed E-state index contributed by atoms with van der Waals surface area (Å²) in [5.41, 5.74) is 1.41. The minimum atomic E-state index is 0.437. The molecule has 4 heteroatoms. The lowest BCUT2D eigenvalue weighted by Crippen LogP contribution is -2.23. The Morgan fingerprint density at radius 3 is 2.68 bits per heavy atom. The van der Waals surface area contributed by atoms with Crippen molar-refractivity contribution in [1.29, 1.82) is 0 Å². The Morgan fingerprint density at radius 1 is 1.37 bits per heavy atom. The average Bonchev–Trinajstić information content (AvgIpc) is 2.92. The van der Waals surface area contributed by atoms with E-state index in [9.17, 15) is 0 Å². The largest absolute Gasteiger partial charge is 0.309 e. The summed E-state index contributed by atoms with van der Waals surface area (Å²) in [7, 11) is 0. The summed E-state index contributed by atoms with van der Waals surface area (Å²) >= 11 is 7.40. The second kappa shape index (κ2) is 7.02. The van der Waals surface area contributed by atoms with Crippen LogP contribution >= 0.6 is 38.6 Å². The number of halogens is 1. The number of nitrogens with one attached hydrogen (secondary N) is 1. The molecule has 0 spiro atoms. The first kappa shape index (κ1) is 15.2. The molecule has 0 radical (unpaired) electrons. The van der Waals surface area contributed by atoms with Crippen molar-refractivity contribution in [2.24, 2.45) is 0 Å². The quantitative estimate of drug-likeness (QED) is 0.722. The van der Waals surface area contributed by atoms with Crippen molar-refractivity contribution in [1.82, 2.24) is 5.32 Å². The van der Waals surface area contributed by atoms with E-state index in [0.29, 0.717) is 6.04 Å². The lowest BCUT2D eigenvalue weighted by molar-refractivity contribution is 0.539. The molecule has 104 valence electrons. The van der Waals surface area contributed by atoms with Crippen LogP contribution in [0.2, 0.25) is 0 Å². The molecule has 1 N–H and O–H groups in total. The van der Waals surface area contributed by atoms with Gasteiger partial charge in [-0.1, -0.05) is 6.92 Å². The van der Waals surface area contributed by atoms with E-state index in [1.807, 2.05) is 22.7 Å². The molecule has 0 saturated heterocycles. The molecule has 0 amide bonds. The Kier molecular flexibility index (Phi) is 5.63. The Labute approximate surface area is 132 Å². The van der Waals surface area contributed by atoms with Crippen molar-refractivity contribution in [3.05, 3.63) is 42.2 Å². The van der Waals surface area contributed by atoms with Crippen molar-refractivity contribution in [3.63, 3.8) is 0 Å². The average molecular weight is 358 g/mol. The number of hydrogen-bond donors (Lipinski definition) is 1. The fraction of sp³-hybridized carbons (Fsp3) is 0.467. The Morgan fingerprint density at radius 2 is 2.16 bits per heavy atom. The summed E-state index contributed by atoms with van der Waals surface area (Å²) in [6.07, 6.45) is 2.24. The van der Waals surface area contributed by atoms with Crippen molar-refractivity contribution in [2.45, 2.75) is 39.7 Å². The lowest BCUT2D eigenvalue weighted by atomic mass is 10.1. The molecule has 0 fully saturated rings. The minimum Gasteiger partial charge on any atom is -0.309 e. The fourth-order valence-electron chi connectivity index (χ4n) is 2.02. The maximum atomic E-state index is 3.69. The molecule has 2 heterocycles. The van der Waals surface area contributed by atoms with Crippen LogP contribution in [-0.2, 0) is 6.42 Å². The second-order valence-corrected chi connectivity index (χ2v) is 7.93. The molecule has 2 rings (SSSR count). The first-order chi connectivity index (χ1) is 9.11. The van der Waals surface area contributed by atoms with Crippen molar-refractivity contribution < 1.29 is 0 Å². The Balaban J connectivity index is 2.18. The summed E-state index contributed by atoms with van der Waals surface area (Å²) < 4.78 is 1.24. The van der Waals surface area contributed by atoms with Crippen LogP contribution in [0.1, 0.15) is 39.6 Å². The van der Waals surface area contributed by atoms with Crippen LogP contribution in [0.15, 0.2) is 22.0 Å². The van der Waals surface area contributed by atoms with Crippen LogP contribution in [-0.4, -0.2) is 6.54 Å². The molecule has 0 aliphatic carbocycles. The van der Waals surface area contributed by atoms with Gasteiger partial charge in [-0.15, -0.1) is 22.7 Å². The van der Waals surface area contributed by atoms with Crippen LogP contribution in [0.5, 0.6) is 0 Å². The van der Waals surface area contributed by atoms with Crippen molar-refractivity contribution in [3.8, 4) is 0 Å². The van der Waals surface area contributed by atoms with Gasteiger partial charge >= 0.3 is 0 Å². The van der Waals surface area contributed by atoms with Crippen LogP contribution in [0, 0.1) is 13.8 Å². The molecule has 2 aromatic rings. The summed E-state index contributed by atoms with van der Waals surface area (Å²) in [5, 5.41) is 5.84. The van der Waals surface area contributed by atoms with Crippen LogP contribution in [0.3, 0.4) is 0 Å². The third-order valence-corrected chi connectivity index (χ3v) is 6.46. The minimum absolute atomic E-state index is 0.437. The molecule has 1 atom stereocenters. The van der Waals surface area contributed by atoms with Gasteiger partial charge in [0.05, 0.1) is 0 Å². The van der Waals surface area contributed by atoms with Crippen molar-refractivity contribution in [2.75, 3.05) is 6.54 Å². The van der Waals surface area contributed by atoms with Gasteiger partial charge in [-0.05, 0) is 65.8 Å². The van der Waals surface area contributed by atoms with Gasteiger partial charge in [-0.2, -0.15) is 0 Å². The molecule has 0 aliphatic heterocycles. The summed E-state index contributed by atoms with van der Waals surface area (Å²) in [5.74, 6) is 0. The summed E-state index contributed by atoms with van der Waals surface area (Å²) in [6.45, 7) is 7.70. The molecule has 0 aromatic carbocycles. The third kappa shape index (κ3) is 3.91. The number of hydrogen-bond acceptors (Lipinski definition) is 3. The van der Waals surface area contributed by atoms with E-state index in [4.69, 9.17) is 0 Å². The molecular weight excluding hydrogens is 338 g/mol. The van der Waals surface area contributed by atoms with Gasteiger partial charge in [0.25, 0.3) is 0 Å². The zero-order chi connectivity index (χ0) is 13.8. The molecule has 19 heavy (non-hydrogen) atoms. The van der Waals surface area contributed by atoms with Gasteiger partial charge < -0.3 is 5.32 Å². The summed E-state index contributed by atoms with van der Waals surface area (Å²) in [6, 6.07) is 4.92. The van der Waals surface area contributed by atoms with Crippen LogP contribution in [0.4, 0.5) is 0 Å². The highest BCUT2D eigenvalue weighted by atomic mass is 79.9. The predicted molar refractivity (Wildman–Crippen MR) is 90.6 cm³/mol. The second-order valence-electron chi connectivity index (χ2n) is 4.79. The van der Waals surface area contributed by atoms with Crippen LogP contribution in [0.25, 0.3) is 0 Å². The van der Waals surface area contributed by atoms with E-state index in [0.717, 1.165) is 13.0 Å². The van der Waals surface area contributed by atoms with E-state index >= 15 is 0 Å². The first-order valence-corrected chi connectivity index (χ1v) is 9.13. The maximum absolute atomic E-state index is 3.69. The van der Waals surface area contributed by atoms with Gasteiger partial charge in [-0.3, -0.25) is 0 Å². The van der Waals surface area contributed by atoms with E-state index in [2.05, 4.69) is 59.5 Å². The van der Waals surface area contributed by atoms with Gasteiger partial charge in [0, 0.05) is 31.6 Å². The van der Waals surface area contributed by atoms with E-state index in [1.54, 1.807) is 0 Å². The van der Waals surface area contributed by atoms with Crippen LogP contribution < -0.4 is 5.32 Å². The molecule has 0 saturated carbocycles. The monoisotopic (exact) mass is 357 g/mol. The van der Waals surface area contributed by atoms with Crippen molar-refractivity contribution >= 4 is 38.6 Å².